The van der Waals surface area contributed by atoms with Crippen molar-refractivity contribution in [2.75, 3.05) is 0 Å². The number of hydrogen-bond donors (Lipinski definition) is 1. The molecule has 1 aromatic carbocycles. The summed E-state index contributed by atoms with van der Waals surface area (Å²) in [6.45, 7) is 0. The molecule has 6 heteroatoms. The molecule has 0 saturated heterocycles. The third kappa shape index (κ3) is 3.60. The van der Waals surface area contributed by atoms with Crippen molar-refractivity contribution in [2.24, 2.45) is 11.7 Å². The van der Waals surface area contributed by atoms with Gasteiger partial charge in [-0.15, -0.1) is 0 Å². The summed E-state index contributed by atoms with van der Waals surface area (Å²) < 4.78 is 38.6. The monoisotopic (exact) mass is 325 g/mol. The molecular weight excluding hydrogens is 310 g/mol. The maximum absolute atomic E-state index is 12.9. The fraction of sp³-hybridized carbons (Fsp3) is 0.571. The van der Waals surface area contributed by atoms with Crippen LogP contribution in [0.2, 0.25) is 10.0 Å². The maximum Gasteiger partial charge on any atom is 0.391 e. The van der Waals surface area contributed by atoms with Gasteiger partial charge in [-0.3, -0.25) is 0 Å². The van der Waals surface area contributed by atoms with Crippen LogP contribution in [0.15, 0.2) is 18.2 Å². The molecule has 0 aliphatic heterocycles. The molecule has 1 saturated carbocycles. The Kier molecular flexibility index (Phi) is 4.57. The second-order valence-corrected chi connectivity index (χ2v) is 6.37. The Hall–Kier alpha value is -0.450. The number of halogens is 5. The van der Waals surface area contributed by atoms with E-state index in [9.17, 15) is 13.2 Å². The Bertz CT molecular complexity index is 490. The van der Waals surface area contributed by atoms with E-state index in [4.69, 9.17) is 28.9 Å². The van der Waals surface area contributed by atoms with Crippen molar-refractivity contribution < 1.29 is 13.2 Å². The summed E-state index contributed by atoms with van der Waals surface area (Å²) in [7, 11) is 0. The molecule has 112 valence electrons. The average molecular weight is 326 g/mol. The first-order valence-electron chi connectivity index (χ1n) is 6.50. The van der Waals surface area contributed by atoms with Gasteiger partial charge in [-0.1, -0.05) is 41.8 Å². The van der Waals surface area contributed by atoms with Gasteiger partial charge in [0.2, 0.25) is 0 Å². The van der Waals surface area contributed by atoms with Crippen LogP contribution < -0.4 is 5.73 Å². The number of alkyl halides is 3. The van der Waals surface area contributed by atoms with Crippen molar-refractivity contribution in [2.45, 2.75) is 43.8 Å². The van der Waals surface area contributed by atoms with Crippen molar-refractivity contribution in [1.29, 1.82) is 0 Å². The third-order valence-electron chi connectivity index (χ3n) is 3.92. The molecule has 2 atom stereocenters. The van der Waals surface area contributed by atoms with Crippen molar-refractivity contribution in [1.82, 2.24) is 0 Å². The Labute approximate surface area is 126 Å². The molecule has 1 fully saturated rings. The Morgan fingerprint density at radius 2 is 2.00 bits per heavy atom. The first-order valence-corrected chi connectivity index (χ1v) is 7.25. The third-order valence-corrected chi connectivity index (χ3v) is 4.78. The molecular formula is C14H16Cl2F3N. The second-order valence-electron chi connectivity index (χ2n) is 5.59. The summed E-state index contributed by atoms with van der Waals surface area (Å²) in [5, 5.41) is 0.782. The lowest BCUT2D eigenvalue weighted by molar-refractivity contribution is -0.187. The quantitative estimate of drug-likeness (QED) is 0.814. The topological polar surface area (TPSA) is 26.0 Å². The highest BCUT2D eigenvalue weighted by Gasteiger charge is 2.46. The van der Waals surface area contributed by atoms with Crippen LogP contribution in [0.5, 0.6) is 0 Å². The van der Waals surface area contributed by atoms with Crippen LogP contribution in [0.3, 0.4) is 0 Å². The summed E-state index contributed by atoms with van der Waals surface area (Å²) in [5.74, 6) is -1.32. The van der Waals surface area contributed by atoms with Crippen LogP contribution in [0, 0.1) is 5.92 Å². The lowest BCUT2D eigenvalue weighted by Crippen LogP contribution is -2.49. The van der Waals surface area contributed by atoms with Gasteiger partial charge < -0.3 is 5.73 Å². The van der Waals surface area contributed by atoms with Crippen LogP contribution in [0.1, 0.15) is 31.2 Å². The predicted molar refractivity (Wildman–Crippen MR) is 75.1 cm³/mol. The fourth-order valence-corrected chi connectivity index (χ4v) is 3.29. The van der Waals surface area contributed by atoms with E-state index >= 15 is 0 Å². The van der Waals surface area contributed by atoms with Crippen LogP contribution in [0.25, 0.3) is 0 Å². The molecule has 0 amide bonds. The Balaban J connectivity index is 2.17. The van der Waals surface area contributed by atoms with E-state index in [0.29, 0.717) is 34.9 Å². The molecule has 1 aliphatic carbocycles. The summed E-state index contributed by atoms with van der Waals surface area (Å²) in [6.07, 6.45) is -2.70. The van der Waals surface area contributed by atoms with Gasteiger partial charge in [0.05, 0.1) is 16.0 Å². The van der Waals surface area contributed by atoms with Crippen molar-refractivity contribution in [3.05, 3.63) is 33.8 Å². The van der Waals surface area contributed by atoms with E-state index in [1.54, 1.807) is 18.2 Å². The molecule has 2 rings (SSSR count). The fourth-order valence-electron chi connectivity index (χ4n) is 2.90. The highest BCUT2D eigenvalue weighted by molar-refractivity contribution is 6.42. The number of nitrogens with two attached hydrogens (primary N) is 1. The van der Waals surface area contributed by atoms with Gasteiger partial charge in [0.25, 0.3) is 0 Å². The van der Waals surface area contributed by atoms with Crippen LogP contribution in [0.4, 0.5) is 13.2 Å². The molecule has 2 N–H and O–H groups in total. The number of hydrogen-bond acceptors (Lipinski definition) is 1. The minimum atomic E-state index is -4.18. The van der Waals surface area contributed by atoms with Gasteiger partial charge in [0.1, 0.15) is 0 Å². The lowest BCUT2D eigenvalue weighted by Gasteiger charge is -2.39. The minimum Gasteiger partial charge on any atom is -0.325 e. The lowest BCUT2D eigenvalue weighted by atomic mass is 9.73. The molecule has 0 aromatic heterocycles. The standard InChI is InChI=1S/C14H16Cl2F3N/c15-11-5-1-3-9(12(11)16)7-13(20)6-2-4-10(8-13)14(17,18)19/h1,3,5,10H,2,4,6-8,20H2. The molecule has 1 aromatic rings. The molecule has 0 radical (unpaired) electrons. The first kappa shape index (κ1) is 15.9. The van der Waals surface area contributed by atoms with E-state index in [1.165, 1.54) is 0 Å². The summed E-state index contributed by atoms with van der Waals surface area (Å²) in [4.78, 5) is 0. The zero-order valence-corrected chi connectivity index (χ0v) is 12.3. The normalized spacial score (nSPS) is 27.6. The van der Waals surface area contributed by atoms with Crippen molar-refractivity contribution in [3.63, 3.8) is 0 Å². The van der Waals surface area contributed by atoms with Crippen LogP contribution in [-0.2, 0) is 6.42 Å². The molecule has 1 aliphatic rings. The Morgan fingerprint density at radius 3 is 2.65 bits per heavy atom. The van der Waals surface area contributed by atoms with E-state index in [2.05, 4.69) is 0 Å². The van der Waals surface area contributed by atoms with E-state index in [1.807, 2.05) is 0 Å². The molecule has 0 bridgehead atoms. The van der Waals surface area contributed by atoms with Gasteiger partial charge in [0, 0.05) is 5.54 Å². The van der Waals surface area contributed by atoms with Crippen molar-refractivity contribution in [3.8, 4) is 0 Å². The SMILES string of the molecule is NC1(Cc2cccc(Cl)c2Cl)CCCC(C(F)(F)F)C1. The highest BCUT2D eigenvalue weighted by atomic mass is 35.5. The van der Waals surface area contributed by atoms with Gasteiger partial charge in [-0.25, -0.2) is 0 Å². The predicted octanol–water partition coefficient (Wildman–Crippen LogP) is 4.99. The smallest absolute Gasteiger partial charge is 0.325 e. The summed E-state index contributed by atoms with van der Waals surface area (Å²) in [5.41, 5.74) is 6.04. The zero-order valence-electron chi connectivity index (χ0n) is 10.8. The van der Waals surface area contributed by atoms with Gasteiger partial charge in [0.15, 0.2) is 0 Å². The Morgan fingerprint density at radius 1 is 1.30 bits per heavy atom. The van der Waals surface area contributed by atoms with Crippen LogP contribution >= 0.6 is 23.2 Å². The minimum absolute atomic E-state index is 0.0562. The van der Waals surface area contributed by atoms with Gasteiger partial charge in [-0.2, -0.15) is 13.2 Å². The highest BCUT2D eigenvalue weighted by Crippen LogP contribution is 2.42. The largest absolute Gasteiger partial charge is 0.391 e. The molecule has 20 heavy (non-hydrogen) atoms. The molecule has 2 unspecified atom stereocenters. The zero-order chi connectivity index (χ0) is 15.0. The molecule has 0 heterocycles. The molecule has 1 nitrogen and oxygen atoms in total. The first-order chi connectivity index (χ1) is 9.21. The second kappa shape index (κ2) is 5.74. The van der Waals surface area contributed by atoms with Gasteiger partial charge >= 0.3 is 6.18 Å². The van der Waals surface area contributed by atoms with Gasteiger partial charge in [-0.05, 0) is 37.3 Å². The van der Waals surface area contributed by atoms with E-state index in [-0.39, 0.29) is 12.8 Å². The van der Waals surface area contributed by atoms with E-state index < -0.39 is 17.6 Å². The van der Waals surface area contributed by atoms with Crippen LogP contribution in [-0.4, -0.2) is 11.7 Å². The number of benzene rings is 1. The number of rotatable bonds is 2. The maximum atomic E-state index is 12.9. The summed E-state index contributed by atoms with van der Waals surface area (Å²) in [6, 6.07) is 5.15. The van der Waals surface area contributed by atoms with Crippen molar-refractivity contribution >= 4 is 23.2 Å². The average Bonchev–Trinajstić information content (AvgIpc) is 2.34. The molecule has 0 spiro atoms. The summed E-state index contributed by atoms with van der Waals surface area (Å²) >= 11 is 12.0. The van der Waals surface area contributed by atoms with E-state index in [0.717, 1.165) is 0 Å².